The number of halogens is 1. The number of nitrogens with two attached hydrogens (primary N) is 1. The Morgan fingerprint density at radius 1 is 1.38 bits per heavy atom. The number of hydrogen-bond acceptors (Lipinski definition) is 4. The molecule has 106 valence electrons. The largest absolute Gasteiger partial charge is 0.489 e. The van der Waals surface area contributed by atoms with Gasteiger partial charge in [-0.25, -0.2) is 9.18 Å². The number of benzene rings is 2. The monoisotopic (exact) mass is 286 g/mol. The summed E-state index contributed by atoms with van der Waals surface area (Å²) in [5.41, 5.74) is 5.80. The number of ether oxygens (including phenoxy) is 1. The summed E-state index contributed by atoms with van der Waals surface area (Å²) in [7, 11) is 0. The van der Waals surface area contributed by atoms with Gasteiger partial charge in [0.05, 0.1) is 11.1 Å². The van der Waals surface area contributed by atoms with Gasteiger partial charge in [0.1, 0.15) is 24.2 Å². The van der Waals surface area contributed by atoms with Gasteiger partial charge >= 0.3 is 5.97 Å². The lowest BCUT2D eigenvalue weighted by Crippen LogP contribution is -2.04. The summed E-state index contributed by atoms with van der Waals surface area (Å²) in [6.07, 6.45) is 0. The van der Waals surface area contributed by atoms with Gasteiger partial charge in [-0.1, -0.05) is 12.1 Å². The third-order valence-corrected chi connectivity index (χ3v) is 2.85. The third kappa shape index (κ3) is 3.09. The molecular formula is C15H11FN2O3. The minimum Gasteiger partial charge on any atom is -0.489 e. The van der Waals surface area contributed by atoms with E-state index in [9.17, 15) is 9.18 Å². The van der Waals surface area contributed by atoms with Gasteiger partial charge in [0, 0.05) is 17.3 Å². The van der Waals surface area contributed by atoms with Crippen LogP contribution in [0.1, 0.15) is 21.5 Å². The number of hydrogen-bond donors (Lipinski definition) is 2. The van der Waals surface area contributed by atoms with Crippen LogP contribution in [0.3, 0.4) is 0 Å². The van der Waals surface area contributed by atoms with Crippen molar-refractivity contribution in [1.29, 1.82) is 5.26 Å². The van der Waals surface area contributed by atoms with Gasteiger partial charge < -0.3 is 15.6 Å². The van der Waals surface area contributed by atoms with Crippen molar-refractivity contribution in [2.75, 3.05) is 5.73 Å². The van der Waals surface area contributed by atoms with E-state index < -0.39 is 11.8 Å². The molecule has 21 heavy (non-hydrogen) atoms. The smallest absolute Gasteiger partial charge is 0.337 e. The van der Waals surface area contributed by atoms with Crippen LogP contribution in [-0.4, -0.2) is 11.1 Å². The molecule has 0 spiro atoms. The van der Waals surface area contributed by atoms with Crippen molar-refractivity contribution in [3.63, 3.8) is 0 Å². The predicted octanol–water partition coefficient (Wildman–Crippen LogP) is 2.56. The number of carbonyl (C=O) groups is 1. The molecular weight excluding hydrogens is 275 g/mol. The normalized spacial score (nSPS) is 9.90. The number of rotatable bonds is 4. The van der Waals surface area contributed by atoms with E-state index in [2.05, 4.69) is 0 Å². The van der Waals surface area contributed by atoms with Crippen LogP contribution in [0, 0.1) is 17.1 Å². The second-order valence-corrected chi connectivity index (χ2v) is 4.23. The molecule has 0 aromatic heterocycles. The van der Waals surface area contributed by atoms with Gasteiger partial charge in [-0.15, -0.1) is 0 Å². The Hall–Kier alpha value is -3.07. The highest BCUT2D eigenvalue weighted by atomic mass is 19.1. The maximum atomic E-state index is 13.8. The molecule has 3 N–H and O–H groups in total. The van der Waals surface area contributed by atoms with Crippen molar-refractivity contribution in [2.24, 2.45) is 0 Å². The highest BCUT2D eigenvalue weighted by Gasteiger charge is 2.10. The third-order valence-electron chi connectivity index (χ3n) is 2.85. The molecule has 0 atom stereocenters. The topological polar surface area (TPSA) is 96.3 Å². The van der Waals surface area contributed by atoms with Crippen LogP contribution in [-0.2, 0) is 6.61 Å². The first kappa shape index (κ1) is 14.3. The minimum absolute atomic E-state index is 0.0278. The Bertz CT molecular complexity index is 738. The lowest BCUT2D eigenvalue weighted by Gasteiger charge is -2.09. The van der Waals surface area contributed by atoms with Gasteiger partial charge in [0.15, 0.2) is 0 Å². The lowest BCUT2D eigenvalue weighted by molar-refractivity contribution is 0.0698. The first-order valence-electron chi connectivity index (χ1n) is 5.96. The van der Waals surface area contributed by atoms with E-state index in [4.69, 9.17) is 20.8 Å². The number of nitriles is 1. The average Bonchev–Trinajstić information content (AvgIpc) is 2.46. The summed E-state index contributed by atoms with van der Waals surface area (Å²) in [5.74, 6) is -1.44. The Labute approximate surface area is 120 Å². The fourth-order valence-electron chi connectivity index (χ4n) is 1.76. The number of nitrogens with zero attached hydrogens (tertiary/aromatic N) is 1. The van der Waals surface area contributed by atoms with Gasteiger partial charge in [-0.2, -0.15) is 5.26 Å². The Balaban J connectivity index is 2.16. The Kier molecular flexibility index (Phi) is 4.05. The van der Waals surface area contributed by atoms with E-state index in [0.717, 1.165) is 0 Å². The van der Waals surface area contributed by atoms with E-state index >= 15 is 0 Å². The van der Waals surface area contributed by atoms with E-state index in [-0.39, 0.29) is 29.0 Å². The molecule has 0 saturated heterocycles. The maximum Gasteiger partial charge on any atom is 0.337 e. The summed E-state index contributed by atoms with van der Waals surface area (Å²) >= 11 is 0. The molecule has 0 unspecified atom stereocenters. The van der Waals surface area contributed by atoms with Crippen molar-refractivity contribution in [3.05, 3.63) is 58.9 Å². The molecule has 5 nitrogen and oxygen atoms in total. The molecule has 0 fully saturated rings. The van der Waals surface area contributed by atoms with Crippen molar-refractivity contribution in [3.8, 4) is 11.8 Å². The molecule has 0 aliphatic rings. The molecule has 2 rings (SSSR count). The van der Waals surface area contributed by atoms with E-state index in [1.807, 2.05) is 0 Å². The van der Waals surface area contributed by atoms with Crippen molar-refractivity contribution < 1.29 is 19.0 Å². The quantitative estimate of drug-likeness (QED) is 0.842. The molecule has 0 bridgehead atoms. The predicted molar refractivity (Wildman–Crippen MR) is 73.3 cm³/mol. The molecule has 6 heteroatoms. The summed E-state index contributed by atoms with van der Waals surface area (Å²) in [6, 6.07) is 10.3. The summed E-state index contributed by atoms with van der Waals surface area (Å²) in [6.45, 7) is -0.0901. The van der Waals surface area contributed by atoms with Crippen LogP contribution in [0.25, 0.3) is 0 Å². The highest BCUT2D eigenvalue weighted by Crippen LogP contribution is 2.22. The summed E-state index contributed by atoms with van der Waals surface area (Å²) < 4.78 is 19.2. The van der Waals surface area contributed by atoms with Crippen LogP contribution in [0.2, 0.25) is 0 Å². The van der Waals surface area contributed by atoms with Crippen LogP contribution < -0.4 is 10.5 Å². The summed E-state index contributed by atoms with van der Waals surface area (Å²) in [4.78, 5) is 10.8. The Morgan fingerprint density at radius 2 is 2.14 bits per heavy atom. The van der Waals surface area contributed by atoms with Crippen LogP contribution in [0.15, 0.2) is 36.4 Å². The molecule has 0 amide bonds. The standard InChI is InChI=1S/C15H11FN2O3/c16-14-9(7-17)2-1-3-10(14)8-21-11-4-5-12(15(19)20)13(18)6-11/h1-6H,8,18H2,(H,19,20). The van der Waals surface area contributed by atoms with Crippen LogP contribution in [0.5, 0.6) is 5.75 Å². The first-order valence-corrected chi connectivity index (χ1v) is 5.96. The second kappa shape index (κ2) is 5.92. The number of carboxylic acid groups (broad SMARTS) is 1. The number of nitrogen functional groups attached to an aromatic ring is 1. The van der Waals surface area contributed by atoms with Crippen molar-refractivity contribution in [2.45, 2.75) is 6.61 Å². The number of carboxylic acids is 1. The Morgan fingerprint density at radius 3 is 2.76 bits per heavy atom. The van der Waals surface area contributed by atoms with Gasteiger partial charge in [0.25, 0.3) is 0 Å². The average molecular weight is 286 g/mol. The molecule has 2 aromatic rings. The minimum atomic E-state index is -1.13. The van der Waals surface area contributed by atoms with Gasteiger partial charge in [-0.3, -0.25) is 0 Å². The maximum absolute atomic E-state index is 13.8. The molecule has 0 radical (unpaired) electrons. The number of anilines is 1. The second-order valence-electron chi connectivity index (χ2n) is 4.23. The fourth-order valence-corrected chi connectivity index (χ4v) is 1.76. The molecule has 0 aliphatic carbocycles. The first-order chi connectivity index (χ1) is 10.0. The van der Waals surface area contributed by atoms with Crippen molar-refractivity contribution in [1.82, 2.24) is 0 Å². The van der Waals surface area contributed by atoms with Crippen LogP contribution >= 0.6 is 0 Å². The molecule has 0 heterocycles. The SMILES string of the molecule is N#Cc1cccc(COc2ccc(C(=O)O)c(N)c2)c1F. The van der Waals surface area contributed by atoms with E-state index in [0.29, 0.717) is 5.75 Å². The zero-order valence-electron chi connectivity index (χ0n) is 10.8. The molecule has 2 aromatic carbocycles. The summed E-state index contributed by atoms with van der Waals surface area (Å²) in [5, 5.41) is 17.6. The lowest BCUT2D eigenvalue weighted by atomic mass is 10.1. The van der Waals surface area contributed by atoms with Crippen LogP contribution in [0.4, 0.5) is 10.1 Å². The zero-order chi connectivity index (χ0) is 15.4. The zero-order valence-corrected chi connectivity index (χ0v) is 10.8. The molecule has 0 aliphatic heterocycles. The molecule has 0 saturated carbocycles. The van der Waals surface area contributed by atoms with E-state index in [1.54, 1.807) is 12.1 Å². The fraction of sp³-hybridized carbons (Fsp3) is 0.0667. The van der Waals surface area contributed by atoms with E-state index in [1.165, 1.54) is 30.3 Å². The van der Waals surface area contributed by atoms with Gasteiger partial charge in [-0.05, 0) is 18.2 Å². The van der Waals surface area contributed by atoms with Crippen molar-refractivity contribution >= 4 is 11.7 Å². The number of aromatic carboxylic acids is 1. The van der Waals surface area contributed by atoms with Gasteiger partial charge in [0.2, 0.25) is 0 Å². The highest BCUT2D eigenvalue weighted by molar-refractivity contribution is 5.93.